The number of carbonyl (C=O) groups is 3. The van der Waals surface area contributed by atoms with Gasteiger partial charge in [-0.25, -0.2) is 4.57 Å². The molecule has 0 amide bonds. The smallest absolute Gasteiger partial charge is 0.462 e. The number of hydrogen-bond acceptors (Lipinski definition) is 9. The minimum atomic E-state index is -4.43. The quantitative estimate of drug-likeness (QED) is 0.0125. The van der Waals surface area contributed by atoms with Crippen LogP contribution in [-0.2, 0) is 42.2 Å². The number of phosphoric ester groups is 1. The van der Waals surface area contributed by atoms with Gasteiger partial charge in [-0.2, -0.15) is 0 Å². The van der Waals surface area contributed by atoms with Crippen molar-refractivity contribution in [3.8, 4) is 0 Å². The molecule has 1 aliphatic carbocycles. The van der Waals surface area contributed by atoms with Crippen molar-refractivity contribution in [2.45, 2.75) is 173 Å². The van der Waals surface area contributed by atoms with Gasteiger partial charge in [-0.1, -0.05) is 122 Å². The largest absolute Gasteiger partial charge is 0.472 e. The van der Waals surface area contributed by atoms with Gasteiger partial charge in [-0.3, -0.25) is 23.4 Å². The molecule has 5 atom stereocenters. The fraction of sp³-hybridized carbons (Fsp3) is 0.795. The molecule has 1 N–H and O–H groups in total. The molecular weight excluding hydrogens is 733 g/mol. The second-order valence-corrected chi connectivity index (χ2v) is 18.0. The van der Waals surface area contributed by atoms with Gasteiger partial charge in [0.05, 0.1) is 33.9 Å². The van der Waals surface area contributed by atoms with Crippen LogP contribution in [0, 0.1) is 5.92 Å². The number of epoxide rings is 1. The standard InChI is InChI=1S/C44H76NO10P/c1-6-8-10-12-14-15-16-17-18-19-20-22-24-28-43(47)51-35-38(36-53-56(49,50)52-33-32-45(3,4)5)54-44(48)29-25-27-41-42(55-41)34-39-37(30-31-40(39)46)26-23-21-13-11-9-7-2/h21,23,30-31,34,37-38,41-42H,6-20,22,24-29,32-33,35-36H2,1-5H3/p+1/b23-21-,39-34+/t37-,38+,41-,42-/m0/s1. The molecule has 11 nitrogen and oxygen atoms in total. The van der Waals surface area contributed by atoms with Crippen LogP contribution in [0.25, 0.3) is 0 Å². The van der Waals surface area contributed by atoms with Gasteiger partial charge in [-0.15, -0.1) is 0 Å². The van der Waals surface area contributed by atoms with Crippen molar-refractivity contribution in [2.75, 3.05) is 47.5 Å². The summed E-state index contributed by atoms with van der Waals surface area (Å²) >= 11 is 0. The lowest BCUT2D eigenvalue weighted by Crippen LogP contribution is -2.37. The zero-order valence-corrected chi connectivity index (χ0v) is 36.5. The van der Waals surface area contributed by atoms with Gasteiger partial charge in [0.25, 0.3) is 0 Å². The van der Waals surface area contributed by atoms with Crippen molar-refractivity contribution in [3.05, 3.63) is 36.0 Å². The van der Waals surface area contributed by atoms with Crippen molar-refractivity contribution in [2.24, 2.45) is 5.92 Å². The zero-order valence-electron chi connectivity index (χ0n) is 35.6. The fourth-order valence-electron chi connectivity index (χ4n) is 6.58. The summed E-state index contributed by atoms with van der Waals surface area (Å²) in [5, 5.41) is 0. The van der Waals surface area contributed by atoms with Gasteiger partial charge in [0.1, 0.15) is 25.9 Å². The predicted molar refractivity (Wildman–Crippen MR) is 222 cm³/mol. The Bertz CT molecular complexity index is 1260. The summed E-state index contributed by atoms with van der Waals surface area (Å²) in [6.45, 7) is 4.16. The number of nitrogens with zero attached hydrogens (tertiary/aromatic N) is 1. The van der Waals surface area contributed by atoms with Crippen LogP contribution in [0.15, 0.2) is 36.0 Å². The third kappa shape index (κ3) is 25.3. The summed E-state index contributed by atoms with van der Waals surface area (Å²) in [5.41, 5.74) is 0.768. The number of hydrogen-bond donors (Lipinski definition) is 1. The number of ketones is 1. The number of quaternary nitrogens is 1. The number of allylic oxidation sites excluding steroid dienone is 5. The molecule has 0 aromatic carbocycles. The van der Waals surface area contributed by atoms with Crippen molar-refractivity contribution in [3.63, 3.8) is 0 Å². The molecule has 1 heterocycles. The first-order chi connectivity index (χ1) is 26.8. The van der Waals surface area contributed by atoms with Crippen LogP contribution in [0.5, 0.6) is 0 Å². The molecule has 1 saturated heterocycles. The van der Waals surface area contributed by atoms with Crippen molar-refractivity contribution >= 4 is 25.5 Å². The zero-order chi connectivity index (χ0) is 41.1. The number of likely N-dealkylation sites (N-methyl/N-ethyl adjacent to an activating group) is 1. The maximum absolute atomic E-state index is 12.8. The molecule has 0 saturated carbocycles. The Morgan fingerprint density at radius 3 is 2.07 bits per heavy atom. The van der Waals surface area contributed by atoms with Crippen LogP contribution >= 0.6 is 7.82 Å². The number of carbonyl (C=O) groups excluding carboxylic acids is 3. The molecule has 2 rings (SSSR count). The molecular formula is C44H77NO10P+. The molecule has 322 valence electrons. The lowest BCUT2D eigenvalue weighted by atomic mass is 9.96. The first-order valence-corrected chi connectivity index (χ1v) is 23.3. The van der Waals surface area contributed by atoms with E-state index in [0.29, 0.717) is 30.3 Å². The Labute approximate surface area is 339 Å². The Morgan fingerprint density at radius 1 is 0.821 bits per heavy atom. The van der Waals surface area contributed by atoms with E-state index in [1.807, 2.05) is 33.3 Å². The topological polar surface area (TPSA) is 138 Å². The molecule has 1 unspecified atom stereocenters. The SMILES string of the molecule is CCCCC/C=C\C[C@H]1C=CC(=O)/C1=C/[C@@H]1O[C@H]1CCCC(=O)O[C@H](COC(=O)CCCCCCCCCCCCCCC)COP(=O)(O)OCC[N+](C)(C)C. The van der Waals surface area contributed by atoms with E-state index in [2.05, 4.69) is 26.0 Å². The summed E-state index contributed by atoms with van der Waals surface area (Å²) < 4.78 is 40.1. The normalized spacial score (nSPS) is 20.5. The number of esters is 2. The third-order valence-electron chi connectivity index (χ3n) is 10.2. The molecule has 56 heavy (non-hydrogen) atoms. The molecule has 0 radical (unpaired) electrons. The van der Waals surface area contributed by atoms with E-state index in [9.17, 15) is 23.8 Å². The molecule has 1 fully saturated rings. The summed E-state index contributed by atoms with van der Waals surface area (Å²) in [6, 6.07) is 0. The first-order valence-electron chi connectivity index (χ1n) is 21.9. The Morgan fingerprint density at radius 2 is 1.43 bits per heavy atom. The van der Waals surface area contributed by atoms with Gasteiger partial charge in [0, 0.05) is 24.3 Å². The predicted octanol–water partition coefficient (Wildman–Crippen LogP) is 9.91. The minimum Gasteiger partial charge on any atom is -0.462 e. The van der Waals surface area contributed by atoms with Crippen molar-refractivity contribution < 1.29 is 51.6 Å². The van der Waals surface area contributed by atoms with Crippen LogP contribution in [-0.4, -0.2) is 92.9 Å². The average Bonchev–Trinajstić information content (AvgIpc) is 3.80. The molecule has 0 bridgehead atoms. The number of unbranched alkanes of at least 4 members (excludes halogenated alkanes) is 15. The number of ether oxygens (including phenoxy) is 3. The van der Waals surface area contributed by atoms with Gasteiger partial charge in [-0.05, 0) is 50.7 Å². The Hall–Kier alpha value is -2.14. The highest BCUT2D eigenvalue weighted by Crippen LogP contribution is 2.43. The van der Waals surface area contributed by atoms with E-state index in [-0.39, 0.29) is 50.0 Å². The number of rotatable bonds is 35. The lowest BCUT2D eigenvalue weighted by molar-refractivity contribution is -0.870. The maximum Gasteiger partial charge on any atom is 0.472 e. The van der Waals surface area contributed by atoms with E-state index >= 15 is 0 Å². The van der Waals surface area contributed by atoms with E-state index in [0.717, 1.165) is 37.7 Å². The molecule has 1 aliphatic heterocycles. The van der Waals surface area contributed by atoms with Gasteiger partial charge in [0.15, 0.2) is 11.9 Å². The van der Waals surface area contributed by atoms with Crippen LogP contribution in [0.4, 0.5) is 0 Å². The summed E-state index contributed by atoms with van der Waals surface area (Å²) in [4.78, 5) is 48.1. The van der Waals surface area contributed by atoms with E-state index < -0.39 is 32.5 Å². The van der Waals surface area contributed by atoms with Gasteiger partial charge in [0.2, 0.25) is 0 Å². The molecule has 0 aromatic heterocycles. The van der Waals surface area contributed by atoms with Gasteiger partial charge >= 0.3 is 19.8 Å². The summed E-state index contributed by atoms with van der Waals surface area (Å²) in [7, 11) is 1.36. The molecule has 12 heteroatoms. The minimum absolute atomic E-state index is 0.00173. The second kappa shape index (κ2) is 29.1. The van der Waals surface area contributed by atoms with Crippen molar-refractivity contribution in [1.82, 2.24) is 0 Å². The van der Waals surface area contributed by atoms with E-state index in [1.54, 1.807) is 6.08 Å². The van der Waals surface area contributed by atoms with Crippen LogP contribution < -0.4 is 0 Å². The number of phosphoric acid groups is 1. The maximum atomic E-state index is 12.8. The molecule has 0 spiro atoms. The highest BCUT2D eigenvalue weighted by atomic mass is 31.2. The summed E-state index contributed by atoms with van der Waals surface area (Å²) in [5.74, 6) is -0.865. The second-order valence-electron chi connectivity index (χ2n) is 16.6. The van der Waals surface area contributed by atoms with Crippen LogP contribution in [0.2, 0.25) is 0 Å². The fourth-order valence-corrected chi connectivity index (χ4v) is 7.32. The Balaban J connectivity index is 1.74. The van der Waals surface area contributed by atoms with E-state index in [1.165, 1.54) is 77.0 Å². The third-order valence-corrected chi connectivity index (χ3v) is 11.2. The highest BCUT2D eigenvalue weighted by Gasteiger charge is 2.38. The van der Waals surface area contributed by atoms with Crippen LogP contribution in [0.3, 0.4) is 0 Å². The highest BCUT2D eigenvalue weighted by molar-refractivity contribution is 7.47. The lowest BCUT2D eigenvalue weighted by Gasteiger charge is -2.24. The van der Waals surface area contributed by atoms with Crippen LogP contribution in [0.1, 0.15) is 155 Å². The Kier molecular flexibility index (Phi) is 26.0. The van der Waals surface area contributed by atoms with Crippen molar-refractivity contribution in [1.29, 1.82) is 0 Å². The summed E-state index contributed by atoms with van der Waals surface area (Å²) in [6.07, 6.45) is 31.1. The molecule has 2 aliphatic rings. The molecule has 0 aromatic rings. The van der Waals surface area contributed by atoms with Gasteiger partial charge < -0.3 is 23.6 Å². The monoisotopic (exact) mass is 811 g/mol. The van der Waals surface area contributed by atoms with E-state index in [4.69, 9.17) is 23.3 Å². The first kappa shape index (κ1) is 50.0. The average molecular weight is 811 g/mol.